The molecule has 3 heterocycles. The Labute approximate surface area is 167 Å². The quantitative estimate of drug-likeness (QED) is 0.621. The first-order chi connectivity index (χ1) is 13.1. The van der Waals surface area contributed by atoms with Crippen molar-refractivity contribution in [2.45, 2.75) is 19.9 Å². The number of amides is 1. The highest BCUT2D eigenvalue weighted by atomic mass is 35.5. The number of rotatable bonds is 3. The number of anilines is 1. The van der Waals surface area contributed by atoms with Crippen LogP contribution >= 0.6 is 12.4 Å². The molecule has 1 amide bonds. The Morgan fingerprint density at radius 1 is 1.21 bits per heavy atom. The van der Waals surface area contributed by atoms with E-state index in [0.717, 1.165) is 43.0 Å². The van der Waals surface area contributed by atoms with Gasteiger partial charge in [-0.05, 0) is 24.6 Å². The number of aromatic nitrogens is 4. The van der Waals surface area contributed by atoms with Crippen molar-refractivity contribution < 1.29 is 4.79 Å². The molecule has 8 nitrogen and oxygen atoms in total. The zero-order chi connectivity index (χ0) is 18.8. The molecule has 4 rings (SSSR count). The van der Waals surface area contributed by atoms with Gasteiger partial charge in [-0.2, -0.15) is 5.10 Å². The first-order valence-corrected chi connectivity index (χ1v) is 8.85. The predicted molar refractivity (Wildman–Crippen MR) is 109 cm³/mol. The van der Waals surface area contributed by atoms with Crippen LogP contribution in [0.5, 0.6) is 0 Å². The molecule has 0 unspecified atom stereocenters. The third-order valence-electron chi connectivity index (χ3n) is 4.61. The zero-order valence-electron chi connectivity index (χ0n) is 15.4. The summed E-state index contributed by atoms with van der Waals surface area (Å²) in [5, 5.41) is 12.7. The zero-order valence-corrected chi connectivity index (χ0v) is 16.2. The van der Waals surface area contributed by atoms with Gasteiger partial charge in [0.2, 0.25) is 0 Å². The molecule has 0 saturated carbocycles. The van der Waals surface area contributed by atoms with Crippen molar-refractivity contribution in [1.82, 2.24) is 25.1 Å². The van der Waals surface area contributed by atoms with E-state index >= 15 is 0 Å². The minimum absolute atomic E-state index is 0. The highest BCUT2D eigenvalue weighted by Gasteiger charge is 2.17. The Hall–Kier alpha value is -2.97. The number of benzene rings is 1. The fraction of sp³-hybridized carbons (Fsp3) is 0.263. The summed E-state index contributed by atoms with van der Waals surface area (Å²) in [6.07, 6.45) is 2.61. The smallest absolute Gasteiger partial charge is 0.275 e. The standard InChI is InChI=1S/C19H20N6O2.ClH/c1-12-2-3-13(14-4-5-18(26)24-23-14)10-15(12)22-19(27)16-11-25-9-8-20-7-6-17(25)21-16;/h2-5,10-11,20H,6-9H2,1H3,(H,22,27)(H,24,26);1H. The van der Waals surface area contributed by atoms with Crippen LogP contribution in [0.25, 0.3) is 11.3 Å². The number of H-pyrrole nitrogens is 1. The lowest BCUT2D eigenvalue weighted by atomic mass is 10.1. The van der Waals surface area contributed by atoms with E-state index in [9.17, 15) is 9.59 Å². The summed E-state index contributed by atoms with van der Waals surface area (Å²) >= 11 is 0. The molecule has 1 aromatic carbocycles. The van der Waals surface area contributed by atoms with Gasteiger partial charge in [-0.25, -0.2) is 10.1 Å². The number of halogens is 1. The largest absolute Gasteiger partial charge is 0.333 e. The summed E-state index contributed by atoms with van der Waals surface area (Å²) in [5.41, 5.74) is 3.22. The van der Waals surface area contributed by atoms with Crippen molar-refractivity contribution in [1.29, 1.82) is 0 Å². The first-order valence-electron chi connectivity index (χ1n) is 8.85. The Morgan fingerprint density at radius 3 is 2.86 bits per heavy atom. The number of fused-ring (bicyclic) bond motifs is 1. The molecule has 9 heteroatoms. The first kappa shape index (κ1) is 19.8. The number of carbonyl (C=O) groups excluding carboxylic acids is 1. The molecule has 28 heavy (non-hydrogen) atoms. The number of hydrogen-bond acceptors (Lipinski definition) is 5. The van der Waals surface area contributed by atoms with Crippen molar-refractivity contribution in [3.63, 3.8) is 0 Å². The van der Waals surface area contributed by atoms with Gasteiger partial charge in [0.25, 0.3) is 11.5 Å². The molecule has 0 atom stereocenters. The molecule has 0 aliphatic carbocycles. The number of imidazole rings is 1. The molecular weight excluding hydrogens is 380 g/mol. The number of aromatic amines is 1. The Kier molecular flexibility index (Phi) is 5.91. The lowest BCUT2D eigenvalue weighted by molar-refractivity contribution is 0.102. The van der Waals surface area contributed by atoms with Crippen molar-refractivity contribution in [2.24, 2.45) is 0 Å². The van der Waals surface area contributed by atoms with Crippen molar-refractivity contribution in [2.75, 3.05) is 18.4 Å². The van der Waals surface area contributed by atoms with Crippen LogP contribution in [0.15, 0.2) is 41.3 Å². The van der Waals surface area contributed by atoms with Crippen LogP contribution in [0.2, 0.25) is 0 Å². The monoisotopic (exact) mass is 400 g/mol. The van der Waals surface area contributed by atoms with Gasteiger partial charge in [-0.1, -0.05) is 12.1 Å². The third-order valence-corrected chi connectivity index (χ3v) is 4.61. The topological polar surface area (TPSA) is 105 Å². The summed E-state index contributed by atoms with van der Waals surface area (Å²) < 4.78 is 2.03. The van der Waals surface area contributed by atoms with E-state index in [0.29, 0.717) is 17.1 Å². The number of nitrogens with zero attached hydrogens (tertiary/aromatic N) is 3. The number of aryl methyl sites for hydroxylation is 1. The summed E-state index contributed by atoms with van der Waals surface area (Å²) in [6, 6.07) is 8.73. The van der Waals surface area contributed by atoms with Gasteiger partial charge in [-0.3, -0.25) is 9.59 Å². The van der Waals surface area contributed by atoms with Gasteiger partial charge >= 0.3 is 0 Å². The molecule has 0 radical (unpaired) electrons. The molecule has 2 aromatic heterocycles. The summed E-state index contributed by atoms with van der Waals surface area (Å²) in [5.74, 6) is 0.686. The minimum Gasteiger partial charge on any atom is -0.333 e. The molecule has 0 spiro atoms. The van der Waals surface area contributed by atoms with Gasteiger partial charge < -0.3 is 15.2 Å². The fourth-order valence-corrected chi connectivity index (χ4v) is 3.09. The van der Waals surface area contributed by atoms with E-state index in [4.69, 9.17) is 0 Å². The molecule has 0 saturated heterocycles. The maximum atomic E-state index is 12.7. The Morgan fingerprint density at radius 2 is 2.07 bits per heavy atom. The van der Waals surface area contributed by atoms with E-state index in [1.165, 1.54) is 6.07 Å². The predicted octanol–water partition coefficient (Wildman–Crippen LogP) is 1.76. The second kappa shape index (κ2) is 8.37. The molecular formula is C19H21ClN6O2. The second-order valence-corrected chi connectivity index (χ2v) is 6.53. The lowest BCUT2D eigenvalue weighted by Crippen LogP contribution is -2.18. The van der Waals surface area contributed by atoms with Gasteiger partial charge in [0.05, 0.1) is 5.69 Å². The van der Waals surface area contributed by atoms with E-state index in [1.807, 2.05) is 29.7 Å². The van der Waals surface area contributed by atoms with Crippen molar-refractivity contribution >= 4 is 24.0 Å². The molecule has 0 fully saturated rings. The highest BCUT2D eigenvalue weighted by molar-refractivity contribution is 6.03. The average molecular weight is 401 g/mol. The maximum Gasteiger partial charge on any atom is 0.275 e. The lowest BCUT2D eigenvalue weighted by Gasteiger charge is -2.09. The summed E-state index contributed by atoms with van der Waals surface area (Å²) in [6.45, 7) is 4.47. The minimum atomic E-state index is -0.255. The van der Waals surface area contributed by atoms with Crippen LogP contribution in [0.1, 0.15) is 21.9 Å². The van der Waals surface area contributed by atoms with Crippen LogP contribution < -0.4 is 16.2 Å². The second-order valence-electron chi connectivity index (χ2n) is 6.53. The van der Waals surface area contributed by atoms with E-state index in [-0.39, 0.29) is 23.9 Å². The number of hydrogen-bond donors (Lipinski definition) is 3. The highest BCUT2D eigenvalue weighted by Crippen LogP contribution is 2.24. The van der Waals surface area contributed by atoms with Crippen LogP contribution in [0.4, 0.5) is 5.69 Å². The van der Waals surface area contributed by atoms with Gasteiger partial charge in [0.15, 0.2) is 0 Å². The molecule has 0 bridgehead atoms. The summed E-state index contributed by atoms with van der Waals surface area (Å²) in [7, 11) is 0. The molecule has 1 aliphatic heterocycles. The van der Waals surface area contributed by atoms with Gasteiger partial charge in [-0.15, -0.1) is 12.4 Å². The molecule has 3 N–H and O–H groups in total. The van der Waals surface area contributed by atoms with Crippen LogP contribution in [0, 0.1) is 6.92 Å². The third kappa shape index (κ3) is 4.13. The number of nitrogens with one attached hydrogen (secondary N) is 3. The molecule has 146 valence electrons. The average Bonchev–Trinajstić information content (AvgIpc) is 2.95. The van der Waals surface area contributed by atoms with E-state index in [1.54, 1.807) is 12.3 Å². The van der Waals surface area contributed by atoms with Crippen LogP contribution in [-0.4, -0.2) is 38.7 Å². The van der Waals surface area contributed by atoms with Crippen LogP contribution in [0.3, 0.4) is 0 Å². The number of carbonyl (C=O) groups is 1. The fourth-order valence-electron chi connectivity index (χ4n) is 3.09. The van der Waals surface area contributed by atoms with Gasteiger partial charge in [0.1, 0.15) is 11.5 Å². The van der Waals surface area contributed by atoms with Gasteiger partial charge in [0, 0.05) is 49.6 Å². The van der Waals surface area contributed by atoms with Crippen LogP contribution in [-0.2, 0) is 13.0 Å². The van der Waals surface area contributed by atoms with E-state index in [2.05, 4.69) is 25.8 Å². The summed E-state index contributed by atoms with van der Waals surface area (Å²) in [4.78, 5) is 28.4. The van der Waals surface area contributed by atoms with Crippen molar-refractivity contribution in [3.8, 4) is 11.3 Å². The Balaban J connectivity index is 0.00000225. The SMILES string of the molecule is Cc1ccc(-c2ccc(=O)[nH]n2)cc1NC(=O)c1cn2c(n1)CCNCC2.Cl. The Bertz CT molecular complexity index is 1010. The molecule has 3 aromatic rings. The normalized spacial score (nSPS) is 13.2. The van der Waals surface area contributed by atoms with E-state index < -0.39 is 0 Å². The maximum absolute atomic E-state index is 12.7. The van der Waals surface area contributed by atoms with Crippen molar-refractivity contribution in [3.05, 3.63) is 64.0 Å². The molecule has 1 aliphatic rings.